The molecule has 0 bridgehead atoms. The van der Waals surface area contributed by atoms with Gasteiger partial charge in [-0.25, -0.2) is 0 Å². The van der Waals surface area contributed by atoms with Crippen molar-refractivity contribution in [2.24, 2.45) is 12.0 Å². The number of hydrogen-bond acceptors (Lipinski definition) is 3. The van der Waals surface area contributed by atoms with E-state index in [0.717, 1.165) is 44.2 Å². The monoisotopic (exact) mass is 349 g/mol. The molecule has 6 heteroatoms. The van der Waals surface area contributed by atoms with E-state index in [-0.39, 0.29) is 0 Å². The average Bonchev–Trinajstić information content (AvgIpc) is 2.86. The van der Waals surface area contributed by atoms with Crippen LogP contribution in [0.3, 0.4) is 0 Å². The van der Waals surface area contributed by atoms with Crippen LogP contribution in [0.25, 0.3) is 0 Å². The summed E-state index contributed by atoms with van der Waals surface area (Å²) in [5.41, 5.74) is 3.68. The van der Waals surface area contributed by atoms with Gasteiger partial charge < -0.3 is 15.4 Å². The van der Waals surface area contributed by atoms with Crippen molar-refractivity contribution in [1.29, 1.82) is 0 Å². The first-order valence-electron chi connectivity index (χ1n) is 9.67. The molecule has 2 N–H and O–H groups in total. The van der Waals surface area contributed by atoms with Crippen LogP contribution in [0.1, 0.15) is 55.5 Å². The third kappa shape index (κ3) is 6.34. The van der Waals surface area contributed by atoms with Crippen LogP contribution in [-0.4, -0.2) is 48.6 Å². The number of hydrogen-bond donors (Lipinski definition) is 2. The van der Waals surface area contributed by atoms with Gasteiger partial charge in [0.15, 0.2) is 5.96 Å². The Hall–Kier alpha value is -1.56. The zero-order valence-electron chi connectivity index (χ0n) is 16.4. The number of guanidine groups is 1. The van der Waals surface area contributed by atoms with E-state index in [4.69, 9.17) is 4.74 Å². The molecule has 0 atom stereocenters. The molecule has 6 nitrogen and oxygen atoms in total. The second kappa shape index (κ2) is 10.4. The van der Waals surface area contributed by atoms with E-state index in [1.807, 2.05) is 18.8 Å². The van der Waals surface area contributed by atoms with E-state index in [1.165, 1.54) is 43.4 Å². The van der Waals surface area contributed by atoms with Crippen LogP contribution in [0.5, 0.6) is 0 Å². The van der Waals surface area contributed by atoms with E-state index >= 15 is 0 Å². The van der Waals surface area contributed by atoms with Crippen LogP contribution in [0.2, 0.25) is 0 Å². The summed E-state index contributed by atoms with van der Waals surface area (Å²) in [5.74, 6) is 0.858. The molecule has 25 heavy (non-hydrogen) atoms. The van der Waals surface area contributed by atoms with Gasteiger partial charge in [0.1, 0.15) is 0 Å². The Kier molecular flexibility index (Phi) is 8.25. The Bertz CT molecular complexity index is 546. The second-order valence-electron chi connectivity index (χ2n) is 6.93. The maximum Gasteiger partial charge on any atom is 0.190 e. The van der Waals surface area contributed by atoms with Crippen molar-refractivity contribution < 1.29 is 4.74 Å². The molecule has 0 aliphatic heterocycles. The van der Waals surface area contributed by atoms with E-state index in [0.29, 0.717) is 6.10 Å². The van der Waals surface area contributed by atoms with Crippen molar-refractivity contribution in [1.82, 2.24) is 20.4 Å². The van der Waals surface area contributed by atoms with Gasteiger partial charge in [-0.15, -0.1) is 0 Å². The summed E-state index contributed by atoms with van der Waals surface area (Å²) in [7, 11) is 3.81. The molecule has 2 rings (SSSR count). The first kappa shape index (κ1) is 19.8. The smallest absolute Gasteiger partial charge is 0.190 e. The van der Waals surface area contributed by atoms with Gasteiger partial charge in [0.25, 0.3) is 0 Å². The number of aryl methyl sites for hydroxylation is 2. The maximum atomic E-state index is 5.96. The van der Waals surface area contributed by atoms with Gasteiger partial charge in [0, 0.05) is 39.5 Å². The highest BCUT2D eigenvalue weighted by molar-refractivity contribution is 5.79. The Labute approximate surface area is 152 Å². The lowest BCUT2D eigenvalue weighted by atomic mass is 9.98. The molecule has 1 fully saturated rings. The van der Waals surface area contributed by atoms with Crippen molar-refractivity contribution in [3.05, 3.63) is 17.0 Å². The normalized spacial score (nSPS) is 16.2. The Morgan fingerprint density at radius 1 is 1.20 bits per heavy atom. The van der Waals surface area contributed by atoms with Crippen LogP contribution in [0.15, 0.2) is 4.99 Å². The predicted octanol–water partition coefficient (Wildman–Crippen LogP) is 2.48. The topological polar surface area (TPSA) is 63.5 Å². The zero-order valence-corrected chi connectivity index (χ0v) is 16.4. The zero-order chi connectivity index (χ0) is 18.1. The first-order chi connectivity index (χ1) is 12.1. The highest BCUT2D eigenvalue weighted by Gasteiger charge is 2.13. The molecule has 0 unspecified atom stereocenters. The predicted molar refractivity (Wildman–Crippen MR) is 103 cm³/mol. The van der Waals surface area contributed by atoms with E-state index in [1.54, 1.807) is 0 Å². The highest BCUT2D eigenvalue weighted by Crippen LogP contribution is 2.20. The summed E-state index contributed by atoms with van der Waals surface area (Å²) >= 11 is 0. The largest absolute Gasteiger partial charge is 0.378 e. The number of nitrogens with one attached hydrogen (secondary N) is 2. The molecule has 1 aliphatic carbocycles. The maximum absolute atomic E-state index is 5.96. The van der Waals surface area contributed by atoms with Gasteiger partial charge in [-0.3, -0.25) is 9.67 Å². The lowest BCUT2D eigenvalue weighted by Gasteiger charge is -2.22. The van der Waals surface area contributed by atoms with Crippen LogP contribution >= 0.6 is 0 Å². The quantitative estimate of drug-likeness (QED) is 0.430. The molecule has 0 spiro atoms. The van der Waals surface area contributed by atoms with Crippen LogP contribution in [0.4, 0.5) is 0 Å². The molecule has 1 aromatic heterocycles. The van der Waals surface area contributed by atoms with Gasteiger partial charge in [0.2, 0.25) is 0 Å². The van der Waals surface area contributed by atoms with Gasteiger partial charge in [0.05, 0.1) is 11.8 Å². The number of aliphatic imine (C=N–C) groups is 1. The average molecular weight is 350 g/mol. The minimum atomic E-state index is 0.497. The van der Waals surface area contributed by atoms with Crippen LogP contribution in [-0.2, 0) is 18.2 Å². The van der Waals surface area contributed by atoms with E-state index in [9.17, 15) is 0 Å². The third-order valence-electron chi connectivity index (χ3n) is 5.07. The summed E-state index contributed by atoms with van der Waals surface area (Å²) < 4.78 is 7.90. The number of nitrogens with zero attached hydrogens (tertiary/aromatic N) is 3. The van der Waals surface area contributed by atoms with Gasteiger partial charge in [-0.2, -0.15) is 5.10 Å². The molecule has 0 amide bonds. The summed E-state index contributed by atoms with van der Waals surface area (Å²) in [6.45, 7) is 6.77. The Morgan fingerprint density at radius 3 is 2.56 bits per heavy atom. The molecule has 1 heterocycles. The Morgan fingerprint density at radius 2 is 1.92 bits per heavy atom. The fraction of sp³-hybridized carbons (Fsp3) is 0.789. The second-order valence-corrected chi connectivity index (χ2v) is 6.93. The van der Waals surface area contributed by atoms with Gasteiger partial charge in [-0.1, -0.05) is 19.3 Å². The number of rotatable bonds is 8. The molecule has 0 saturated heterocycles. The SMILES string of the molecule is CN=C(NCCCOC1CCCCC1)NCCc1c(C)nn(C)c1C. The van der Waals surface area contributed by atoms with Gasteiger partial charge in [-0.05, 0) is 45.1 Å². The van der Waals surface area contributed by atoms with Crippen molar-refractivity contribution in [2.45, 2.75) is 64.9 Å². The van der Waals surface area contributed by atoms with Crippen LogP contribution in [0, 0.1) is 13.8 Å². The highest BCUT2D eigenvalue weighted by atomic mass is 16.5. The van der Waals surface area contributed by atoms with Gasteiger partial charge >= 0.3 is 0 Å². The molecule has 0 radical (unpaired) electrons. The lowest BCUT2D eigenvalue weighted by molar-refractivity contribution is 0.0277. The van der Waals surface area contributed by atoms with Crippen molar-refractivity contribution in [3.8, 4) is 0 Å². The summed E-state index contributed by atoms with van der Waals surface area (Å²) in [4.78, 5) is 4.29. The minimum absolute atomic E-state index is 0.497. The van der Waals surface area contributed by atoms with Crippen molar-refractivity contribution >= 4 is 5.96 Å². The van der Waals surface area contributed by atoms with Crippen LogP contribution < -0.4 is 10.6 Å². The molecule has 0 aromatic carbocycles. The molecular weight excluding hydrogens is 314 g/mol. The Balaban J connectivity index is 1.59. The van der Waals surface area contributed by atoms with E-state index < -0.39 is 0 Å². The number of aromatic nitrogens is 2. The fourth-order valence-corrected chi connectivity index (χ4v) is 3.47. The molecule has 142 valence electrons. The molecular formula is C19H35N5O. The molecule has 1 aliphatic rings. The number of ether oxygens (including phenoxy) is 1. The third-order valence-corrected chi connectivity index (χ3v) is 5.07. The standard InChI is InChI=1S/C19H35N5O/c1-15-18(16(2)24(4)23-15)11-13-22-19(20-3)21-12-8-14-25-17-9-6-5-7-10-17/h17H,5-14H2,1-4H3,(H2,20,21,22). The first-order valence-corrected chi connectivity index (χ1v) is 9.67. The fourth-order valence-electron chi connectivity index (χ4n) is 3.47. The molecule has 1 aromatic rings. The van der Waals surface area contributed by atoms with Crippen molar-refractivity contribution in [3.63, 3.8) is 0 Å². The molecule has 1 saturated carbocycles. The summed E-state index contributed by atoms with van der Waals surface area (Å²) in [6.07, 6.45) is 8.98. The summed E-state index contributed by atoms with van der Waals surface area (Å²) in [5, 5.41) is 11.2. The lowest BCUT2D eigenvalue weighted by Crippen LogP contribution is -2.39. The minimum Gasteiger partial charge on any atom is -0.378 e. The van der Waals surface area contributed by atoms with Crippen molar-refractivity contribution in [2.75, 3.05) is 26.7 Å². The summed E-state index contributed by atoms with van der Waals surface area (Å²) in [6, 6.07) is 0. The van der Waals surface area contributed by atoms with E-state index in [2.05, 4.69) is 34.6 Å².